The number of aliphatic imine (C=N–C) groups is 2. The highest BCUT2D eigenvalue weighted by atomic mass is 32.2. The van der Waals surface area contributed by atoms with Crippen LogP contribution in [0.2, 0.25) is 0 Å². The quantitative estimate of drug-likeness (QED) is 0.676. The summed E-state index contributed by atoms with van der Waals surface area (Å²) in [7, 11) is 0. The van der Waals surface area contributed by atoms with Gasteiger partial charge >= 0.3 is 0 Å². The number of fused-ring (bicyclic) bond motifs is 1. The zero-order valence-electron chi connectivity index (χ0n) is 15.8. The van der Waals surface area contributed by atoms with Crippen LogP contribution in [-0.2, 0) is 11.3 Å². The first-order valence-corrected chi connectivity index (χ1v) is 10.4. The van der Waals surface area contributed by atoms with Crippen molar-refractivity contribution in [1.82, 2.24) is 10.3 Å². The van der Waals surface area contributed by atoms with Crippen LogP contribution in [0.25, 0.3) is 0 Å². The minimum atomic E-state index is -0.0181. The molecule has 29 heavy (non-hydrogen) atoms. The van der Waals surface area contributed by atoms with Crippen LogP contribution in [0.15, 0.2) is 89.0 Å². The molecule has 0 bridgehead atoms. The maximum absolute atomic E-state index is 12.3. The SMILES string of the molecule is O=C(CSC1=Nc2ccccc2N=C(c2ccccn2)C1)NCc1ccccc1. The van der Waals surface area contributed by atoms with Crippen LogP contribution in [-0.4, -0.2) is 27.4 Å². The number of carbonyl (C=O) groups is 1. The summed E-state index contributed by atoms with van der Waals surface area (Å²) in [5, 5.41) is 3.81. The van der Waals surface area contributed by atoms with Gasteiger partial charge in [-0.15, -0.1) is 11.8 Å². The van der Waals surface area contributed by atoms with E-state index in [0.29, 0.717) is 18.7 Å². The minimum absolute atomic E-state index is 0.0181. The second-order valence-corrected chi connectivity index (χ2v) is 7.54. The monoisotopic (exact) mass is 400 g/mol. The van der Waals surface area contributed by atoms with E-state index in [2.05, 4.69) is 10.3 Å². The molecule has 1 aliphatic heterocycles. The molecule has 1 aromatic heterocycles. The number of nitrogens with zero attached hydrogens (tertiary/aromatic N) is 3. The van der Waals surface area contributed by atoms with Crippen LogP contribution < -0.4 is 5.32 Å². The summed E-state index contributed by atoms with van der Waals surface area (Å²) in [5.74, 6) is 0.291. The molecule has 0 fully saturated rings. The summed E-state index contributed by atoms with van der Waals surface area (Å²) >= 11 is 1.45. The average molecular weight is 401 g/mol. The van der Waals surface area contributed by atoms with Crippen molar-refractivity contribution < 1.29 is 4.79 Å². The topological polar surface area (TPSA) is 66.7 Å². The lowest BCUT2D eigenvalue weighted by Crippen LogP contribution is -2.25. The molecule has 1 aliphatic rings. The third-order valence-electron chi connectivity index (χ3n) is 4.36. The van der Waals surface area contributed by atoms with Crippen molar-refractivity contribution in [3.8, 4) is 0 Å². The molecule has 0 radical (unpaired) electrons. The zero-order chi connectivity index (χ0) is 19.9. The van der Waals surface area contributed by atoms with Crippen LogP contribution in [0.4, 0.5) is 11.4 Å². The van der Waals surface area contributed by atoms with Crippen molar-refractivity contribution in [2.45, 2.75) is 13.0 Å². The van der Waals surface area contributed by atoms with E-state index in [1.807, 2.05) is 72.8 Å². The molecular weight excluding hydrogens is 380 g/mol. The number of hydrogen-bond acceptors (Lipinski definition) is 5. The third-order valence-corrected chi connectivity index (χ3v) is 5.34. The van der Waals surface area contributed by atoms with Gasteiger partial charge in [0.2, 0.25) is 5.91 Å². The number of pyridine rings is 1. The Bertz CT molecular complexity index is 1050. The minimum Gasteiger partial charge on any atom is -0.351 e. The van der Waals surface area contributed by atoms with E-state index in [9.17, 15) is 4.79 Å². The fourth-order valence-electron chi connectivity index (χ4n) is 2.92. The molecule has 0 atom stereocenters. The maximum Gasteiger partial charge on any atom is 0.230 e. The molecule has 0 spiro atoms. The summed E-state index contributed by atoms with van der Waals surface area (Å²) in [5.41, 5.74) is 4.39. The largest absolute Gasteiger partial charge is 0.351 e. The lowest BCUT2D eigenvalue weighted by Gasteiger charge is -2.08. The maximum atomic E-state index is 12.3. The number of carbonyl (C=O) groups excluding carboxylic acids is 1. The van der Waals surface area contributed by atoms with Crippen LogP contribution in [0.3, 0.4) is 0 Å². The van der Waals surface area contributed by atoms with E-state index in [-0.39, 0.29) is 5.91 Å². The average Bonchev–Trinajstić information content (AvgIpc) is 2.97. The van der Waals surface area contributed by atoms with Gasteiger partial charge in [-0.1, -0.05) is 48.5 Å². The van der Waals surface area contributed by atoms with Crippen molar-refractivity contribution in [3.05, 3.63) is 90.3 Å². The normalized spacial score (nSPS) is 13.0. The van der Waals surface area contributed by atoms with Gasteiger partial charge in [0.25, 0.3) is 0 Å². The first-order valence-electron chi connectivity index (χ1n) is 9.37. The Morgan fingerprint density at radius 3 is 2.38 bits per heavy atom. The van der Waals surface area contributed by atoms with Crippen molar-refractivity contribution in [2.24, 2.45) is 9.98 Å². The van der Waals surface area contributed by atoms with Crippen LogP contribution >= 0.6 is 11.8 Å². The van der Waals surface area contributed by atoms with E-state index in [0.717, 1.165) is 33.4 Å². The second kappa shape index (κ2) is 9.30. The van der Waals surface area contributed by atoms with Crippen molar-refractivity contribution in [2.75, 3.05) is 5.75 Å². The molecule has 2 aromatic carbocycles. The lowest BCUT2D eigenvalue weighted by atomic mass is 10.2. The van der Waals surface area contributed by atoms with Gasteiger partial charge in [0.05, 0.1) is 33.6 Å². The molecule has 1 amide bonds. The number of aromatic nitrogens is 1. The molecule has 3 aromatic rings. The van der Waals surface area contributed by atoms with Gasteiger partial charge in [0.15, 0.2) is 0 Å². The number of amides is 1. The van der Waals surface area contributed by atoms with E-state index >= 15 is 0 Å². The third kappa shape index (κ3) is 5.18. The Morgan fingerprint density at radius 1 is 0.897 bits per heavy atom. The van der Waals surface area contributed by atoms with E-state index in [1.165, 1.54) is 11.8 Å². The van der Waals surface area contributed by atoms with E-state index < -0.39 is 0 Å². The van der Waals surface area contributed by atoms with Gasteiger partial charge < -0.3 is 5.32 Å². The highest BCUT2D eigenvalue weighted by molar-refractivity contribution is 8.14. The first kappa shape index (κ1) is 19.1. The summed E-state index contributed by atoms with van der Waals surface area (Å²) in [4.78, 5) is 26.3. The molecule has 4 rings (SSSR count). The molecule has 5 nitrogen and oxygen atoms in total. The number of rotatable bonds is 5. The molecular formula is C23H20N4OS. The Labute approximate surface area is 174 Å². The fraction of sp³-hybridized carbons (Fsp3) is 0.130. The van der Waals surface area contributed by atoms with E-state index in [1.54, 1.807) is 6.20 Å². The summed E-state index contributed by atoms with van der Waals surface area (Å²) in [6.45, 7) is 0.524. The number of nitrogens with one attached hydrogen (secondary N) is 1. The predicted octanol–water partition coefficient (Wildman–Crippen LogP) is 4.69. The highest BCUT2D eigenvalue weighted by Gasteiger charge is 2.17. The van der Waals surface area contributed by atoms with Gasteiger partial charge in [0, 0.05) is 19.2 Å². The molecule has 2 heterocycles. The Balaban J connectivity index is 1.46. The predicted molar refractivity (Wildman–Crippen MR) is 119 cm³/mol. The molecule has 6 heteroatoms. The van der Waals surface area contributed by atoms with Crippen LogP contribution in [0, 0.1) is 0 Å². The number of thioether (sulfide) groups is 1. The van der Waals surface area contributed by atoms with Crippen molar-refractivity contribution >= 4 is 39.8 Å². The van der Waals surface area contributed by atoms with Gasteiger partial charge in [0.1, 0.15) is 0 Å². The summed E-state index contributed by atoms with van der Waals surface area (Å²) in [6.07, 6.45) is 2.30. The lowest BCUT2D eigenvalue weighted by molar-refractivity contribution is -0.118. The molecule has 144 valence electrons. The number of hydrogen-bond donors (Lipinski definition) is 1. The fourth-order valence-corrected chi connectivity index (χ4v) is 3.72. The Kier molecular flexibility index (Phi) is 6.12. The molecule has 0 saturated heterocycles. The van der Waals surface area contributed by atoms with Gasteiger partial charge in [-0.25, -0.2) is 9.98 Å². The molecule has 0 unspecified atom stereocenters. The van der Waals surface area contributed by atoms with Crippen LogP contribution in [0.5, 0.6) is 0 Å². The van der Waals surface area contributed by atoms with Gasteiger partial charge in [-0.2, -0.15) is 0 Å². The second-order valence-electron chi connectivity index (χ2n) is 6.50. The van der Waals surface area contributed by atoms with E-state index in [4.69, 9.17) is 9.98 Å². The molecule has 1 N–H and O–H groups in total. The number of para-hydroxylation sites is 2. The Morgan fingerprint density at radius 2 is 1.62 bits per heavy atom. The molecule has 0 saturated carbocycles. The van der Waals surface area contributed by atoms with Crippen LogP contribution in [0.1, 0.15) is 17.7 Å². The molecule has 0 aliphatic carbocycles. The Hall–Kier alpha value is -3.25. The van der Waals surface area contributed by atoms with Gasteiger partial charge in [-0.05, 0) is 29.8 Å². The number of benzene rings is 2. The first-order chi connectivity index (χ1) is 14.3. The zero-order valence-corrected chi connectivity index (χ0v) is 16.6. The smallest absolute Gasteiger partial charge is 0.230 e. The van der Waals surface area contributed by atoms with Gasteiger partial charge in [-0.3, -0.25) is 9.78 Å². The summed E-state index contributed by atoms with van der Waals surface area (Å²) in [6, 6.07) is 23.4. The summed E-state index contributed by atoms with van der Waals surface area (Å²) < 4.78 is 0. The highest BCUT2D eigenvalue weighted by Crippen LogP contribution is 2.33. The standard InChI is InChI=1S/C23H20N4OS/c28-22(25-15-17-8-2-1-3-9-17)16-29-23-14-21(18-10-6-7-13-24-18)26-19-11-4-5-12-20(19)27-23/h1-13H,14-16H2,(H,25,28). The van der Waals surface area contributed by atoms with Crippen molar-refractivity contribution in [3.63, 3.8) is 0 Å². The van der Waals surface area contributed by atoms with Crippen molar-refractivity contribution in [1.29, 1.82) is 0 Å².